The Kier molecular flexibility index (Phi) is 3.19. The average Bonchev–Trinajstić information content (AvgIpc) is 2.28. The molecule has 1 amide bonds. The van der Waals surface area contributed by atoms with Crippen LogP contribution in [0.1, 0.15) is 15.9 Å². The van der Waals surface area contributed by atoms with Gasteiger partial charge in [-0.05, 0) is 53.3 Å². The topological polar surface area (TPSA) is 59.3 Å². The lowest BCUT2D eigenvalue weighted by atomic mass is 10.1. The summed E-state index contributed by atoms with van der Waals surface area (Å²) in [4.78, 5) is 23.1. The van der Waals surface area contributed by atoms with E-state index in [0.717, 1.165) is 14.5 Å². The minimum Gasteiger partial charge on any atom is -0.422 e. The Balaban J connectivity index is 2.81. The monoisotopic (exact) mass is 343 g/mol. The maximum Gasteiger partial charge on any atom is 0.349 e. The summed E-state index contributed by atoms with van der Waals surface area (Å²) in [6.07, 6.45) is 0. The van der Waals surface area contributed by atoms with Crippen LogP contribution in [0.5, 0.6) is 0 Å². The van der Waals surface area contributed by atoms with Crippen LogP contribution in [0.2, 0.25) is 0 Å². The maximum absolute atomic E-state index is 11.6. The first-order chi connectivity index (χ1) is 8.02. The highest BCUT2D eigenvalue weighted by Crippen LogP contribution is 2.21. The number of aryl methyl sites for hydroxylation is 1. The molecule has 0 bridgehead atoms. The van der Waals surface area contributed by atoms with Gasteiger partial charge in [0, 0.05) is 16.0 Å². The summed E-state index contributed by atoms with van der Waals surface area (Å²) in [5.74, 6) is -0.433. The fraction of sp³-hybridized carbons (Fsp3) is 0.167. The highest BCUT2D eigenvalue weighted by molar-refractivity contribution is 14.1. The van der Waals surface area contributed by atoms with E-state index in [2.05, 4.69) is 27.9 Å². The van der Waals surface area contributed by atoms with Gasteiger partial charge in [-0.25, -0.2) is 4.79 Å². The van der Waals surface area contributed by atoms with E-state index in [1.165, 1.54) is 7.05 Å². The van der Waals surface area contributed by atoms with Crippen LogP contribution in [-0.2, 0) is 0 Å². The van der Waals surface area contributed by atoms with Gasteiger partial charge in [0.1, 0.15) is 11.1 Å². The van der Waals surface area contributed by atoms with Crippen LogP contribution in [0.4, 0.5) is 0 Å². The Hall–Kier alpha value is -1.37. The molecule has 1 aromatic heterocycles. The van der Waals surface area contributed by atoms with Crippen LogP contribution in [-0.4, -0.2) is 13.0 Å². The van der Waals surface area contributed by atoms with Crippen molar-refractivity contribution in [3.05, 3.63) is 43.3 Å². The fourth-order valence-corrected chi connectivity index (χ4v) is 2.46. The van der Waals surface area contributed by atoms with Gasteiger partial charge < -0.3 is 9.73 Å². The van der Waals surface area contributed by atoms with Crippen LogP contribution in [0.25, 0.3) is 11.0 Å². The van der Waals surface area contributed by atoms with Gasteiger partial charge in [-0.2, -0.15) is 0 Å². The molecule has 1 heterocycles. The summed E-state index contributed by atoms with van der Waals surface area (Å²) in [5.41, 5.74) is 0.832. The van der Waals surface area contributed by atoms with Crippen LogP contribution in [0.15, 0.2) is 27.4 Å². The average molecular weight is 343 g/mol. The highest BCUT2D eigenvalue weighted by Gasteiger charge is 2.13. The van der Waals surface area contributed by atoms with E-state index in [-0.39, 0.29) is 5.56 Å². The molecule has 4 nitrogen and oxygen atoms in total. The Morgan fingerprint density at radius 2 is 2.06 bits per heavy atom. The van der Waals surface area contributed by atoms with Gasteiger partial charge in [0.05, 0.1) is 0 Å². The number of benzene rings is 1. The number of hydrogen-bond acceptors (Lipinski definition) is 3. The predicted molar refractivity (Wildman–Crippen MR) is 73.3 cm³/mol. The van der Waals surface area contributed by atoms with E-state index in [1.54, 1.807) is 6.07 Å². The molecule has 0 spiro atoms. The Morgan fingerprint density at radius 3 is 2.71 bits per heavy atom. The second-order valence-electron chi connectivity index (χ2n) is 3.67. The summed E-state index contributed by atoms with van der Waals surface area (Å²) in [6.45, 7) is 1.87. The second kappa shape index (κ2) is 4.48. The van der Waals surface area contributed by atoms with E-state index in [4.69, 9.17) is 4.42 Å². The quantitative estimate of drug-likeness (QED) is 0.637. The van der Waals surface area contributed by atoms with E-state index in [9.17, 15) is 9.59 Å². The minimum atomic E-state index is -0.610. The summed E-state index contributed by atoms with van der Waals surface area (Å²) in [5, 5.41) is 3.17. The van der Waals surface area contributed by atoms with Crippen LogP contribution < -0.4 is 10.9 Å². The molecule has 1 N–H and O–H groups in total. The number of fused-ring (bicyclic) bond motifs is 1. The lowest BCUT2D eigenvalue weighted by molar-refractivity contribution is 0.0959. The summed E-state index contributed by atoms with van der Waals surface area (Å²) < 4.78 is 6.21. The van der Waals surface area contributed by atoms with Crippen molar-refractivity contribution in [1.82, 2.24) is 5.32 Å². The Morgan fingerprint density at radius 1 is 1.35 bits per heavy atom. The van der Waals surface area contributed by atoms with Gasteiger partial charge in [-0.15, -0.1) is 0 Å². The van der Waals surface area contributed by atoms with Crippen LogP contribution in [0.3, 0.4) is 0 Å². The zero-order valence-electron chi connectivity index (χ0n) is 9.33. The Labute approximate surface area is 111 Å². The first-order valence-corrected chi connectivity index (χ1v) is 6.07. The molecule has 2 rings (SSSR count). The van der Waals surface area contributed by atoms with E-state index in [1.807, 2.05) is 19.1 Å². The standard InChI is InChI=1S/C12H10INO3/c1-6-3-8(13)4-7-5-9(11(15)14-2)12(16)17-10(6)7/h3-5H,1-2H3,(H,14,15). The molecule has 2 aromatic rings. The molecule has 17 heavy (non-hydrogen) atoms. The Bertz CT molecular complexity index is 661. The molecule has 0 aliphatic carbocycles. The largest absolute Gasteiger partial charge is 0.422 e. The molecule has 0 fully saturated rings. The van der Waals surface area contributed by atoms with Crippen molar-refractivity contribution in [3.8, 4) is 0 Å². The smallest absolute Gasteiger partial charge is 0.349 e. The second-order valence-corrected chi connectivity index (χ2v) is 4.91. The number of carbonyl (C=O) groups excluding carboxylic acids is 1. The van der Waals surface area contributed by atoms with E-state index < -0.39 is 11.5 Å². The molecule has 0 unspecified atom stereocenters. The molecule has 0 aliphatic rings. The maximum atomic E-state index is 11.6. The van der Waals surface area contributed by atoms with Crippen molar-refractivity contribution in [2.24, 2.45) is 0 Å². The van der Waals surface area contributed by atoms with Crippen molar-refractivity contribution in [1.29, 1.82) is 0 Å². The number of halogens is 1. The third kappa shape index (κ3) is 2.19. The number of hydrogen-bond donors (Lipinski definition) is 1. The number of amides is 1. The number of nitrogens with one attached hydrogen (secondary N) is 1. The normalized spacial score (nSPS) is 10.5. The van der Waals surface area contributed by atoms with E-state index in [0.29, 0.717) is 5.58 Å². The van der Waals surface area contributed by atoms with Gasteiger partial charge in [-0.3, -0.25) is 4.79 Å². The lowest BCUT2D eigenvalue weighted by Crippen LogP contribution is -2.24. The predicted octanol–water partition coefficient (Wildman–Crippen LogP) is 2.07. The SMILES string of the molecule is CNC(=O)c1cc2cc(I)cc(C)c2oc1=O. The molecule has 0 saturated carbocycles. The molecule has 1 aromatic carbocycles. The summed E-state index contributed by atoms with van der Waals surface area (Å²) in [6, 6.07) is 5.36. The first kappa shape index (κ1) is 12.1. The third-order valence-electron chi connectivity index (χ3n) is 2.45. The summed E-state index contributed by atoms with van der Waals surface area (Å²) >= 11 is 2.18. The van der Waals surface area contributed by atoms with Crippen molar-refractivity contribution < 1.29 is 9.21 Å². The van der Waals surface area contributed by atoms with Crippen molar-refractivity contribution in [2.75, 3.05) is 7.05 Å². The van der Waals surface area contributed by atoms with Gasteiger partial charge in [0.2, 0.25) is 0 Å². The van der Waals surface area contributed by atoms with E-state index >= 15 is 0 Å². The van der Waals surface area contributed by atoms with Gasteiger partial charge >= 0.3 is 5.63 Å². The molecule has 0 saturated heterocycles. The van der Waals surface area contributed by atoms with Gasteiger partial charge in [0.15, 0.2) is 0 Å². The van der Waals surface area contributed by atoms with Crippen LogP contribution >= 0.6 is 22.6 Å². The molecule has 0 radical (unpaired) electrons. The van der Waals surface area contributed by atoms with Crippen molar-refractivity contribution >= 4 is 39.5 Å². The number of carbonyl (C=O) groups is 1. The molecule has 5 heteroatoms. The minimum absolute atomic E-state index is 0.0291. The highest BCUT2D eigenvalue weighted by atomic mass is 127. The molecular formula is C12H10INO3. The first-order valence-electron chi connectivity index (χ1n) is 4.99. The molecule has 0 atom stereocenters. The zero-order valence-corrected chi connectivity index (χ0v) is 11.5. The lowest BCUT2D eigenvalue weighted by Gasteiger charge is -2.04. The fourth-order valence-electron chi connectivity index (χ4n) is 1.66. The van der Waals surface area contributed by atoms with Crippen molar-refractivity contribution in [2.45, 2.75) is 6.92 Å². The zero-order chi connectivity index (χ0) is 12.6. The van der Waals surface area contributed by atoms with Crippen LogP contribution in [0, 0.1) is 10.5 Å². The van der Waals surface area contributed by atoms with Gasteiger partial charge in [-0.1, -0.05) is 0 Å². The molecule has 88 valence electrons. The van der Waals surface area contributed by atoms with Crippen molar-refractivity contribution in [3.63, 3.8) is 0 Å². The molecule has 0 aliphatic heterocycles. The van der Waals surface area contributed by atoms with Gasteiger partial charge in [0.25, 0.3) is 5.91 Å². The number of rotatable bonds is 1. The molecular weight excluding hydrogens is 333 g/mol. The summed E-state index contributed by atoms with van der Waals surface area (Å²) in [7, 11) is 1.48. The third-order valence-corrected chi connectivity index (χ3v) is 3.08.